The number of alkyl carbamates (subject to hydrolysis) is 1. The second kappa shape index (κ2) is 24.4. The summed E-state index contributed by atoms with van der Waals surface area (Å²) in [6.07, 6.45) is 6.98. The first kappa shape index (κ1) is 55.9. The van der Waals surface area contributed by atoms with Gasteiger partial charge in [0.2, 0.25) is 0 Å². The Hall–Kier alpha value is -4.00. The number of halogens is 3. The van der Waals surface area contributed by atoms with Crippen LogP contribution in [0.25, 0.3) is 27.6 Å². The highest BCUT2D eigenvalue weighted by atomic mass is 31.0. The number of ether oxygens (including phenoxy) is 3. The molecule has 4 heterocycles. The fraction of sp³-hybridized carbons (Fsp3) is 0.667. The second-order valence-electron chi connectivity index (χ2n) is 20.2. The number of aromatic nitrogens is 2. The van der Waals surface area contributed by atoms with Gasteiger partial charge in [-0.3, -0.25) is 15.0 Å². The minimum absolute atomic E-state index is 0.0355. The molecule has 0 spiro atoms. The molecule has 0 saturated carbocycles. The third kappa shape index (κ3) is 13.9. The third-order valence-electron chi connectivity index (χ3n) is 13.9. The molecule has 5 atom stereocenters. The van der Waals surface area contributed by atoms with Gasteiger partial charge in [0.05, 0.1) is 25.3 Å². The zero-order chi connectivity index (χ0) is 50.8. The van der Waals surface area contributed by atoms with Gasteiger partial charge in [0.15, 0.2) is 0 Å². The van der Waals surface area contributed by atoms with E-state index >= 15 is 13.2 Å². The number of carbonyl (C=O) groups is 2. The topological polar surface area (TPSA) is 118 Å². The molecule has 2 N–H and O–H groups in total. The number of piperidine rings is 1. The van der Waals surface area contributed by atoms with E-state index in [0.29, 0.717) is 61.4 Å². The number of unbranched alkanes of at least 4 members (excludes halogenated alkanes) is 3. The van der Waals surface area contributed by atoms with Gasteiger partial charge in [-0.05, 0) is 144 Å². The van der Waals surface area contributed by atoms with Crippen molar-refractivity contribution in [2.45, 2.75) is 183 Å². The van der Waals surface area contributed by atoms with Crippen molar-refractivity contribution in [1.29, 1.82) is 0 Å². The van der Waals surface area contributed by atoms with Gasteiger partial charge in [-0.1, -0.05) is 60.5 Å². The number of nitrogens with zero attached hydrogens (tertiary/aromatic N) is 4. The van der Waals surface area contributed by atoms with Crippen molar-refractivity contribution in [3.05, 3.63) is 46.4 Å². The standard InChI is InChI=1S/C50H70F3N6O5P.2C2H6/c1-9-49(8)21-20-35(31(4)54-47(61)64-48(5,6)7)41-30(3)39(51)19-18-36(41)42-38(49)23-37-43(44(42)65)56-46(57-45(37)59-26-33-16-17-34(27-59)55-33)63-28-32-24-50(52,53)29-58(25-32)22-14-12-11-13-15-40(60)62-10-2;2*1-2/h18-19,23,32-34,55H,9-17,20-22,24-29,65H2,1-8H3,(H,54,61);2*1-2H3/b35-31+;;. The van der Waals surface area contributed by atoms with Crippen LogP contribution in [-0.2, 0) is 19.7 Å². The van der Waals surface area contributed by atoms with Crippen LogP contribution in [0.5, 0.6) is 6.01 Å². The van der Waals surface area contributed by atoms with Gasteiger partial charge in [0, 0.05) is 66.9 Å². The Bertz CT molecular complexity index is 2270. The fourth-order valence-electron chi connectivity index (χ4n) is 10.5. The number of hydrogen-bond acceptors (Lipinski definition) is 10. The van der Waals surface area contributed by atoms with Crippen LogP contribution in [0.2, 0.25) is 0 Å². The Morgan fingerprint density at radius 3 is 2.32 bits per heavy atom. The van der Waals surface area contributed by atoms with Gasteiger partial charge in [-0.2, -0.15) is 9.97 Å². The lowest BCUT2D eigenvalue weighted by molar-refractivity contribution is -0.143. The van der Waals surface area contributed by atoms with E-state index in [1.54, 1.807) is 13.8 Å². The highest BCUT2D eigenvalue weighted by Gasteiger charge is 2.41. The number of carbonyl (C=O) groups excluding carboxylic acids is 2. The molecule has 0 radical (unpaired) electrons. The summed E-state index contributed by atoms with van der Waals surface area (Å²) in [6.45, 7) is 26.0. The predicted octanol–water partition coefficient (Wildman–Crippen LogP) is 11.8. The Kier molecular flexibility index (Phi) is 19.8. The molecule has 3 fully saturated rings. The molecule has 384 valence electrons. The van der Waals surface area contributed by atoms with Crippen molar-refractivity contribution in [2.24, 2.45) is 5.92 Å². The van der Waals surface area contributed by atoms with Crippen molar-refractivity contribution < 1.29 is 37.0 Å². The summed E-state index contributed by atoms with van der Waals surface area (Å²) in [5.41, 5.74) is 5.14. The number of nitrogens with one attached hydrogen (secondary N) is 2. The first-order valence-corrected chi connectivity index (χ1v) is 26.4. The predicted molar refractivity (Wildman–Crippen MR) is 277 cm³/mol. The zero-order valence-electron chi connectivity index (χ0n) is 43.7. The third-order valence-corrected chi connectivity index (χ3v) is 14.5. The van der Waals surface area contributed by atoms with E-state index in [9.17, 15) is 9.59 Å². The smallest absolute Gasteiger partial charge is 0.411 e. The number of piperazine rings is 1. The summed E-state index contributed by atoms with van der Waals surface area (Å²) in [5.74, 6) is -3.08. The maximum atomic E-state index is 15.8. The Labute approximate surface area is 413 Å². The van der Waals surface area contributed by atoms with E-state index in [1.165, 1.54) is 6.07 Å². The van der Waals surface area contributed by atoms with Gasteiger partial charge in [0.1, 0.15) is 17.2 Å². The molecule has 11 nitrogen and oxygen atoms in total. The normalized spacial score (nSPS) is 22.7. The monoisotopic (exact) mass is 983 g/mol. The van der Waals surface area contributed by atoms with Gasteiger partial charge in [-0.25, -0.2) is 18.0 Å². The average molecular weight is 983 g/mol. The number of allylic oxidation sites excluding steroid dienone is 2. The lowest BCUT2D eigenvalue weighted by Crippen LogP contribution is -2.51. The first-order valence-electron chi connectivity index (χ1n) is 25.8. The van der Waals surface area contributed by atoms with Crippen LogP contribution in [0, 0.1) is 18.7 Å². The minimum Gasteiger partial charge on any atom is -0.466 e. The first-order chi connectivity index (χ1) is 32.8. The van der Waals surface area contributed by atoms with Crippen LogP contribution in [0.4, 0.5) is 23.8 Å². The summed E-state index contributed by atoms with van der Waals surface area (Å²) >= 11 is 0. The molecule has 15 heteroatoms. The van der Waals surface area contributed by atoms with Crippen LogP contribution < -0.4 is 25.6 Å². The number of likely N-dealkylation sites (tertiary alicyclic amines) is 1. The number of rotatable bonds is 14. The number of alkyl halides is 2. The second-order valence-corrected chi connectivity index (χ2v) is 20.7. The summed E-state index contributed by atoms with van der Waals surface area (Å²) in [5, 5.41) is 8.41. The van der Waals surface area contributed by atoms with Crippen LogP contribution in [0.1, 0.15) is 163 Å². The van der Waals surface area contributed by atoms with Crippen LogP contribution in [0.3, 0.4) is 0 Å². The lowest BCUT2D eigenvalue weighted by Gasteiger charge is -2.38. The SMILES string of the molecule is CC.CC.CCOC(=O)CCCCCCN1CC(COc2nc(N3CC4CCC(C3)N4)c3cc4c(c(P)c3n2)-c2ccc(F)c(C)c2/C(=C(\C)NC(=O)OC(C)(C)C)CCC4(C)CC)CC(F)(F)C1. The molecular formula is C54H82F3N6O5P. The number of benzene rings is 2. The van der Waals surface area contributed by atoms with Gasteiger partial charge in [-0.15, -0.1) is 9.24 Å². The van der Waals surface area contributed by atoms with Gasteiger partial charge >= 0.3 is 18.1 Å². The van der Waals surface area contributed by atoms with E-state index in [0.717, 1.165) is 109 Å². The molecule has 4 aliphatic rings. The van der Waals surface area contributed by atoms with Crippen molar-refractivity contribution in [3.63, 3.8) is 0 Å². The number of esters is 1. The van der Waals surface area contributed by atoms with E-state index in [-0.39, 0.29) is 42.8 Å². The zero-order valence-corrected chi connectivity index (χ0v) is 44.9. The quantitative estimate of drug-likeness (QED) is 0.0918. The highest BCUT2D eigenvalue weighted by Crippen LogP contribution is 2.49. The van der Waals surface area contributed by atoms with E-state index in [2.05, 4.69) is 44.7 Å². The molecule has 1 amide bonds. The number of amides is 1. The van der Waals surface area contributed by atoms with Gasteiger partial charge in [0.25, 0.3) is 5.92 Å². The van der Waals surface area contributed by atoms with Crippen LogP contribution >= 0.6 is 9.24 Å². The van der Waals surface area contributed by atoms with Crippen LogP contribution in [0.15, 0.2) is 23.9 Å². The molecule has 2 aromatic carbocycles. The maximum absolute atomic E-state index is 15.8. The Morgan fingerprint density at radius 1 is 0.986 bits per heavy atom. The molecule has 2 bridgehead atoms. The van der Waals surface area contributed by atoms with E-state index in [1.807, 2.05) is 66.4 Å². The molecule has 69 heavy (non-hydrogen) atoms. The van der Waals surface area contributed by atoms with Crippen LogP contribution in [-0.4, -0.2) is 96.5 Å². The molecule has 1 aromatic heterocycles. The number of hydrogen-bond donors (Lipinski definition) is 2. The molecule has 3 aromatic rings. The summed E-state index contributed by atoms with van der Waals surface area (Å²) in [6, 6.07) is 6.38. The average Bonchev–Trinajstić information content (AvgIpc) is 3.64. The summed E-state index contributed by atoms with van der Waals surface area (Å²) in [7, 11) is 2.96. The Morgan fingerprint density at radius 2 is 1.67 bits per heavy atom. The molecular weight excluding hydrogens is 901 g/mol. The molecule has 1 aliphatic carbocycles. The van der Waals surface area contributed by atoms with Crippen molar-refractivity contribution >= 4 is 48.9 Å². The maximum Gasteiger partial charge on any atom is 0.411 e. The van der Waals surface area contributed by atoms with Gasteiger partial charge < -0.3 is 24.4 Å². The largest absolute Gasteiger partial charge is 0.466 e. The van der Waals surface area contributed by atoms with Crippen molar-refractivity contribution in [2.75, 3.05) is 50.8 Å². The van der Waals surface area contributed by atoms with E-state index < -0.39 is 23.5 Å². The number of fused-ring (bicyclic) bond motifs is 6. The highest BCUT2D eigenvalue weighted by molar-refractivity contribution is 7.29. The summed E-state index contributed by atoms with van der Waals surface area (Å²) in [4.78, 5) is 39.3. The number of anilines is 1. The van der Waals surface area contributed by atoms with Crippen molar-refractivity contribution in [1.82, 2.24) is 25.5 Å². The van der Waals surface area contributed by atoms with E-state index in [4.69, 9.17) is 24.2 Å². The molecule has 3 aliphatic heterocycles. The Balaban J connectivity index is 0.00000216. The minimum atomic E-state index is -2.86. The molecule has 3 saturated heterocycles. The fourth-order valence-corrected chi connectivity index (χ4v) is 11.0. The molecule has 5 unspecified atom stereocenters. The summed E-state index contributed by atoms with van der Waals surface area (Å²) < 4.78 is 63.5. The van der Waals surface area contributed by atoms with Crippen molar-refractivity contribution in [3.8, 4) is 17.1 Å². The molecule has 7 rings (SSSR count). The lowest BCUT2D eigenvalue weighted by atomic mass is 9.69.